The third-order valence-corrected chi connectivity index (χ3v) is 3.43. The number of rotatable bonds is 8. The second-order valence-electron chi connectivity index (χ2n) is 4.95. The van der Waals surface area contributed by atoms with Gasteiger partial charge >= 0.3 is 0 Å². The fraction of sp³-hybridized carbons (Fsp3) is 0.833. The van der Waals surface area contributed by atoms with Gasteiger partial charge in [-0.1, -0.05) is 31.9 Å². The number of nitrogens with two attached hydrogens (primary N) is 1. The molecule has 0 bridgehead atoms. The molecule has 0 aromatic carbocycles. The van der Waals surface area contributed by atoms with Gasteiger partial charge in [0.1, 0.15) is 0 Å². The van der Waals surface area contributed by atoms with Crippen LogP contribution in [0.15, 0.2) is 0 Å². The summed E-state index contributed by atoms with van der Waals surface area (Å²) in [5, 5.41) is 16.6. The number of aromatic amines is 1. The van der Waals surface area contributed by atoms with Crippen LogP contribution in [-0.4, -0.2) is 33.1 Å². The Hall–Kier alpha value is -1.50. The molecule has 0 saturated carbocycles. The van der Waals surface area contributed by atoms with Gasteiger partial charge in [0.25, 0.3) is 0 Å². The second-order valence-corrected chi connectivity index (χ2v) is 4.95. The molecule has 0 radical (unpaired) electrons. The quantitative estimate of drug-likeness (QED) is 0.649. The molecule has 19 heavy (non-hydrogen) atoms. The number of hydrogen-bond donors (Lipinski definition) is 3. The molecule has 1 atom stereocenters. The SMILES string of the molecule is CCCC(CN)(CCC)C(=O)NC(C)c1nn[nH]n1. The summed E-state index contributed by atoms with van der Waals surface area (Å²) < 4.78 is 0. The summed E-state index contributed by atoms with van der Waals surface area (Å²) in [5.41, 5.74) is 5.38. The van der Waals surface area contributed by atoms with E-state index in [1.807, 2.05) is 6.92 Å². The topological polar surface area (TPSA) is 110 Å². The maximum atomic E-state index is 12.5. The van der Waals surface area contributed by atoms with Gasteiger partial charge in [-0.15, -0.1) is 10.2 Å². The van der Waals surface area contributed by atoms with E-state index in [-0.39, 0.29) is 11.9 Å². The summed E-state index contributed by atoms with van der Waals surface area (Å²) in [5.74, 6) is 0.461. The first-order valence-electron chi connectivity index (χ1n) is 6.84. The highest BCUT2D eigenvalue weighted by atomic mass is 16.2. The standard InChI is InChI=1S/C12H24N6O/c1-4-6-12(8-13,7-5-2)11(19)14-9(3)10-15-17-18-16-10/h9H,4-8,13H2,1-3H3,(H,14,19)(H,15,16,17,18). The Labute approximate surface area is 113 Å². The average molecular weight is 268 g/mol. The van der Waals surface area contributed by atoms with Crippen LogP contribution >= 0.6 is 0 Å². The number of carbonyl (C=O) groups excluding carboxylic acids is 1. The van der Waals surface area contributed by atoms with Crippen LogP contribution in [0.2, 0.25) is 0 Å². The van der Waals surface area contributed by atoms with Crippen molar-refractivity contribution >= 4 is 5.91 Å². The zero-order valence-electron chi connectivity index (χ0n) is 11.9. The van der Waals surface area contributed by atoms with E-state index in [4.69, 9.17) is 5.73 Å². The predicted molar refractivity (Wildman–Crippen MR) is 72.0 cm³/mol. The molecule has 0 aliphatic rings. The third-order valence-electron chi connectivity index (χ3n) is 3.43. The Morgan fingerprint density at radius 1 is 1.42 bits per heavy atom. The smallest absolute Gasteiger partial charge is 0.228 e. The number of hydrogen-bond acceptors (Lipinski definition) is 5. The lowest BCUT2D eigenvalue weighted by atomic mass is 9.78. The normalized spacial score (nSPS) is 13.3. The van der Waals surface area contributed by atoms with Gasteiger partial charge in [0.2, 0.25) is 5.91 Å². The number of nitrogens with one attached hydrogen (secondary N) is 2. The van der Waals surface area contributed by atoms with Gasteiger partial charge in [-0.2, -0.15) is 5.21 Å². The molecule has 1 heterocycles. The van der Waals surface area contributed by atoms with E-state index >= 15 is 0 Å². The Morgan fingerprint density at radius 2 is 2.05 bits per heavy atom. The number of nitrogens with zero attached hydrogens (tertiary/aromatic N) is 3. The Bertz CT molecular complexity index is 372. The van der Waals surface area contributed by atoms with Crippen LogP contribution in [0.3, 0.4) is 0 Å². The van der Waals surface area contributed by atoms with Crippen LogP contribution in [0.1, 0.15) is 58.3 Å². The molecular formula is C12H24N6O. The van der Waals surface area contributed by atoms with Gasteiger partial charge in [-0.25, -0.2) is 0 Å². The molecule has 0 aliphatic heterocycles. The van der Waals surface area contributed by atoms with Crippen molar-refractivity contribution in [3.05, 3.63) is 5.82 Å². The Balaban J connectivity index is 2.76. The molecule has 108 valence electrons. The lowest BCUT2D eigenvalue weighted by molar-refractivity contribution is -0.132. The van der Waals surface area contributed by atoms with Gasteiger partial charge in [0.05, 0.1) is 11.5 Å². The maximum absolute atomic E-state index is 12.5. The molecule has 4 N–H and O–H groups in total. The van der Waals surface area contributed by atoms with Crippen molar-refractivity contribution in [2.45, 2.75) is 52.5 Å². The van der Waals surface area contributed by atoms with Gasteiger partial charge in [0, 0.05) is 6.54 Å². The van der Waals surface area contributed by atoms with E-state index in [1.54, 1.807) is 0 Å². The molecule has 1 aromatic heterocycles. The largest absolute Gasteiger partial charge is 0.346 e. The van der Waals surface area contributed by atoms with Crippen molar-refractivity contribution in [2.24, 2.45) is 11.1 Å². The Kier molecular flexibility index (Phi) is 5.88. The molecule has 0 spiro atoms. The van der Waals surface area contributed by atoms with Crippen LogP contribution in [0.5, 0.6) is 0 Å². The summed E-state index contributed by atoms with van der Waals surface area (Å²) >= 11 is 0. The minimum atomic E-state index is -0.485. The van der Waals surface area contributed by atoms with E-state index in [2.05, 4.69) is 39.8 Å². The average Bonchev–Trinajstić information content (AvgIpc) is 2.92. The predicted octanol–water partition coefficient (Wildman–Crippen LogP) is 0.922. The summed E-state index contributed by atoms with van der Waals surface area (Å²) in [6, 6.07) is -0.272. The zero-order chi connectivity index (χ0) is 14.3. The van der Waals surface area contributed by atoms with E-state index in [0.29, 0.717) is 12.4 Å². The number of amides is 1. The molecule has 0 aliphatic carbocycles. The number of H-pyrrole nitrogens is 1. The van der Waals surface area contributed by atoms with Gasteiger partial charge in [-0.05, 0) is 19.8 Å². The van der Waals surface area contributed by atoms with Crippen LogP contribution in [-0.2, 0) is 4.79 Å². The van der Waals surface area contributed by atoms with E-state index in [1.165, 1.54) is 0 Å². The molecular weight excluding hydrogens is 244 g/mol. The van der Waals surface area contributed by atoms with Gasteiger partial charge in [0.15, 0.2) is 5.82 Å². The zero-order valence-corrected chi connectivity index (χ0v) is 11.9. The highest BCUT2D eigenvalue weighted by Gasteiger charge is 2.36. The van der Waals surface area contributed by atoms with Crippen molar-refractivity contribution in [3.63, 3.8) is 0 Å². The highest BCUT2D eigenvalue weighted by molar-refractivity contribution is 5.83. The first-order valence-corrected chi connectivity index (χ1v) is 6.84. The summed E-state index contributed by atoms with van der Waals surface area (Å²) in [6.45, 7) is 6.33. The highest BCUT2D eigenvalue weighted by Crippen LogP contribution is 2.29. The molecule has 1 aromatic rings. The maximum Gasteiger partial charge on any atom is 0.228 e. The minimum absolute atomic E-state index is 0.0176. The van der Waals surface area contributed by atoms with E-state index < -0.39 is 5.41 Å². The van der Waals surface area contributed by atoms with Crippen LogP contribution in [0.4, 0.5) is 0 Å². The number of tetrazole rings is 1. The third kappa shape index (κ3) is 3.73. The summed E-state index contributed by atoms with van der Waals surface area (Å²) in [4.78, 5) is 12.5. The van der Waals surface area contributed by atoms with Crippen LogP contribution in [0.25, 0.3) is 0 Å². The van der Waals surface area contributed by atoms with E-state index in [0.717, 1.165) is 25.7 Å². The summed E-state index contributed by atoms with van der Waals surface area (Å²) in [6.07, 6.45) is 3.45. The molecule has 0 saturated heterocycles. The monoisotopic (exact) mass is 268 g/mol. The molecule has 7 heteroatoms. The molecule has 1 unspecified atom stereocenters. The minimum Gasteiger partial charge on any atom is -0.346 e. The van der Waals surface area contributed by atoms with Gasteiger partial charge in [-0.3, -0.25) is 4.79 Å². The lowest BCUT2D eigenvalue weighted by Gasteiger charge is -2.31. The van der Waals surface area contributed by atoms with Crippen LogP contribution < -0.4 is 11.1 Å². The number of carbonyl (C=O) groups is 1. The van der Waals surface area contributed by atoms with E-state index in [9.17, 15) is 4.79 Å². The van der Waals surface area contributed by atoms with Crippen molar-refractivity contribution in [1.82, 2.24) is 25.9 Å². The number of aromatic nitrogens is 4. The molecule has 7 nitrogen and oxygen atoms in total. The Morgan fingerprint density at radius 3 is 2.47 bits per heavy atom. The summed E-state index contributed by atoms with van der Waals surface area (Å²) in [7, 11) is 0. The first-order chi connectivity index (χ1) is 9.09. The molecule has 1 amide bonds. The fourth-order valence-corrected chi connectivity index (χ4v) is 2.37. The van der Waals surface area contributed by atoms with Crippen molar-refractivity contribution in [1.29, 1.82) is 0 Å². The van der Waals surface area contributed by atoms with Crippen molar-refractivity contribution in [2.75, 3.05) is 6.54 Å². The lowest BCUT2D eigenvalue weighted by Crippen LogP contribution is -2.46. The van der Waals surface area contributed by atoms with Crippen LogP contribution in [0, 0.1) is 5.41 Å². The molecule has 0 fully saturated rings. The first kappa shape index (κ1) is 15.6. The second kappa shape index (κ2) is 7.18. The van der Waals surface area contributed by atoms with Crippen molar-refractivity contribution < 1.29 is 4.79 Å². The van der Waals surface area contributed by atoms with Gasteiger partial charge < -0.3 is 11.1 Å². The molecule has 1 rings (SSSR count). The van der Waals surface area contributed by atoms with Crippen molar-refractivity contribution in [3.8, 4) is 0 Å². The fourth-order valence-electron chi connectivity index (χ4n) is 2.37.